The zero-order valence-corrected chi connectivity index (χ0v) is 12.6. The van der Waals surface area contributed by atoms with Crippen LogP contribution in [0.25, 0.3) is 10.8 Å². The summed E-state index contributed by atoms with van der Waals surface area (Å²) in [5.41, 5.74) is 0.613. The van der Waals surface area contributed by atoms with Gasteiger partial charge in [0.25, 0.3) is 0 Å². The van der Waals surface area contributed by atoms with E-state index in [0.29, 0.717) is 5.92 Å². The van der Waals surface area contributed by atoms with E-state index in [9.17, 15) is 4.79 Å². The monoisotopic (exact) mass is 282 g/mol. The largest absolute Gasteiger partial charge is 0.325 e. The minimum absolute atomic E-state index is 0.138. The molecule has 0 radical (unpaired) electrons. The highest BCUT2D eigenvalue weighted by molar-refractivity contribution is 6.04. The summed E-state index contributed by atoms with van der Waals surface area (Å²) in [4.78, 5) is 12.9. The summed E-state index contributed by atoms with van der Waals surface area (Å²) >= 11 is 0. The number of carbonyl (C=O) groups excluding carboxylic acids is 1. The minimum atomic E-state index is -0.295. The summed E-state index contributed by atoms with van der Waals surface area (Å²) in [5, 5.41) is 8.75. The lowest BCUT2D eigenvalue weighted by Gasteiger charge is -2.31. The van der Waals surface area contributed by atoms with Crippen molar-refractivity contribution >= 4 is 22.4 Å². The molecule has 1 saturated heterocycles. The van der Waals surface area contributed by atoms with Gasteiger partial charge in [0, 0.05) is 17.6 Å². The minimum Gasteiger partial charge on any atom is -0.325 e. The first-order valence-corrected chi connectivity index (χ1v) is 7.63. The predicted molar refractivity (Wildman–Crippen MR) is 87.3 cm³/mol. The second-order valence-electron chi connectivity index (χ2n) is 6.22. The van der Waals surface area contributed by atoms with E-state index in [2.05, 4.69) is 42.7 Å². The number of benzene rings is 2. The lowest BCUT2D eigenvalue weighted by molar-refractivity contribution is -0.126. The van der Waals surface area contributed by atoms with Crippen LogP contribution >= 0.6 is 0 Å². The van der Waals surface area contributed by atoms with Crippen LogP contribution in [0.5, 0.6) is 0 Å². The highest BCUT2D eigenvalue weighted by Crippen LogP contribution is 2.36. The Labute approximate surface area is 125 Å². The summed E-state index contributed by atoms with van der Waals surface area (Å²) in [6.45, 7) is 5.95. The zero-order chi connectivity index (χ0) is 14.9. The summed E-state index contributed by atoms with van der Waals surface area (Å²) in [6.07, 6.45) is 0.904. The Morgan fingerprint density at radius 3 is 2.67 bits per heavy atom. The van der Waals surface area contributed by atoms with Gasteiger partial charge in [0.05, 0.1) is 5.41 Å². The van der Waals surface area contributed by atoms with E-state index >= 15 is 0 Å². The molecule has 0 saturated carbocycles. The van der Waals surface area contributed by atoms with Gasteiger partial charge in [0.1, 0.15) is 0 Å². The van der Waals surface area contributed by atoms with E-state index < -0.39 is 0 Å². The molecule has 0 spiro atoms. The Kier molecular flexibility index (Phi) is 3.68. The van der Waals surface area contributed by atoms with Crippen LogP contribution in [0.2, 0.25) is 0 Å². The van der Waals surface area contributed by atoms with Crippen molar-refractivity contribution in [2.24, 2.45) is 11.3 Å². The van der Waals surface area contributed by atoms with Gasteiger partial charge in [0.15, 0.2) is 0 Å². The highest BCUT2D eigenvalue weighted by Gasteiger charge is 2.43. The van der Waals surface area contributed by atoms with Gasteiger partial charge < -0.3 is 10.6 Å². The Balaban J connectivity index is 1.93. The quantitative estimate of drug-likeness (QED) is 0.905. The fraction of sp³-hybridized carbons (Fsp3) is 0.389. The molecule has 2 aromatic carbocycles. The number of anilines is 1. The number of hydrogen-bond donors (Lipinski definition) is 2. The van der Waals surface area contributed by atoms with Crippen LogP contribution in [0.1, 0.15) is 20.3 Å². The third-order valence-electron chi connectivity index (χ3n) is 4.78. The molecule has 21 heavy (non-hydrogen) atoms. The molecule has 2 N–H and O–H groups in total. The topological polar surface area (TPSA) is 41.1 Å². The molecule has 1 unspecified atom stereocenters. The standard InChI is InChI=1S/C18H22N2O/c1-13(2)18(10-11-19-12-18)17(21)20-16-9-5-7-14-6-3-4-8-15(14)16/h3-9,13,19H,10-12H2,1-2H3,(H,20,21). The lowest BCUT2D eigenvalue weighted by atomic mass is 9.75. The smallest absolute Gasteiger partial charge is 0.232 e. The van der Waals surface area contributed by atoms with Crippen molar-refractivity contribution in [2.75, 3.05) is 18.4 Å². The summed E-state index contributed by atoms with van der Waals surface area (Å²) < 4.78 is 0. The Morgan fingerprint density at radius 2 is 1.95 bits per heavy atom. The van der Waals surface area contributed by atoms with Crippen LogP contribution < -0.4 is 10.6 Å². The molecule has 1 heterocycles. The van der Waals surface area contributed by atoms with Crippen molar-refractivity contribution in [3.63, 3.8) is 0 Å². The van der Waals surface area contributed by atoms with E-state index in [-0.39, 0.29) is 11.3 Å². The van der Waals surface area contributed by atoms with Gasteiger partial charge in [-0.3, -0.25) is 4.79 Å². The molecule has 3 rings (SSSR count). The van der Waals surface area contributed by atoms with Crippen molar-refractivity contribution in [3.05, 3.63) is 42.5 Å². The normalized spacial score (nSPS) is 21.9. The maximum Gasteiger partial charge on any atom is 0.232 e. The Morgan fingerprint density at radius 1 is 1.19 bits per heavy atom. The summed E-state index contributed by atoms with van der Waals surface area (Å²) in [7, 11) is 0. The molecule has 1 aliphatic rings. The van der Waals surface area contributed by atoms with Crippen molar-refractivity contribution < 1.29 is 4.79 Å². The third kappa shape index (κ3) is 2.42. The van der Waals surface area contributed by atoms with Gasteiger partial charge in [-0.25, -0.2) is 0 Å². The average molecular weight is 282 g/mol. The van der Waals surface area contributed by atoms with E-state index in [0.717, 1.165) is 36.0 Å². The molecule has 3 nitrogen and oxygen atoms in total. The number of rotatable bonds is 3. The van der Waals surface area contributed by atoms with Crippen LogP contribution in [0.3, 0.4) is 0 Å². The zero-order valence-electron chi connectivity index (χ0n) is 12.6. The first kappa shape index (κ1) is 14.1. The second kappa shape index (κ2) is 5.49. The number of carbonyl (C=O) groups is 1. The maximum absolute atomic E-state index is 12.9. The molecule has 1 atom stereocenters. The van der Waals surface area contributed by atoms with Gasteiger partial charge in [0.2, 0.25) is 5.91 Å². The molecule has 1 aliphatic heterocycles. The fourth-order valence-electron chi connectivity index (χ4n) is 3.24. The number of hydrogen-bond acceptors (Lipinski definition) is 2. The first-order valence-electron chi connectivity index (χ1n) is 7.63. The van der Waals surface area contributed by atoms with Gasteiger partial charge in [-0.2, -0.15) is 0 Å². The molecular formula is C18H22N2O. The molecule has 3 heteroatoms. The molecule has 0 aliphatic carbocycles. The third-order valence-corrected chi connectivity index (χ3v) is 4.78. The van der Waals surface area contributed by atoms with E-state index in [1.165, 1.54) is 0 Å². The van der Waals surface area contributed by atoms with Crippen LogP contribution in [0.4, 0.5) is 5.69 Å². The van der Waals surface area contributed by atoms with Gasteiger partial charge in [-0.05, 0) is 30.3 Å². The summed E-state index contributed by atoms with van der Waals surface area (Å²) in [6, 6.07) is 14.2. The molecule has 110 valence electrons. The average Bonchev–Trinajstić information content (AvgIpc) is 2.98. The Hall–Kier alpha value is -1.87. The second-order valence-corrected chi connectivity index (χ2v) is 6.22. The van der Waals surface area contributed by atoms with Crippen molar-refractivity contribution in [1.82, 2.24) is 5.32 Å². The van der Waals surface area contributed by atoms with Crippen LogP contribution in [-0.2, 0) is 4.79 Å². The SMILES string of the molecule is CC(C)C1(C(=O)Nc2cccc3ccccc23)CCNC1. The van der Waals surface area contributed by atoms with Gasteiger partial charge in [-0.1, -0.05) is 50.2 Å². The van der Waals surface area contributed by atoms with Crippen molar-refractivity contribution in [1.29, 1.82) is 0 Å². The van der Waals surface area contributed by atoms with E-state index in [1.807, 2.05) is 24.3 Å². The molecule has 2 aromatic rings. The van der Waals surface area contributed by atoms with Gasteiger partial charge >= 0.3 is 0 Å². The molecule has 1 fully saturated rings. The number of amides is 1. The van der Waals surface area contributed by atoms with Crippen LogP contribution in [-0.4, -0.2) is 19.0 Å². The predicted octanol–water partition coefficient (Wildman–Crippen LogP) is 3.41. The Bertz CT molecular complexity index is 652. The molecule has 0 aromatic heterocycles. The van der Waals surface area contributed by atoms with Crippen molar-refractivity contribution in [2.45, 2.75) is 20.3 Å². The van der Waals surface area contributed by atoms with E-state index in [1.54, 1.807) is 0 Å². The number of nitrogens with one attached hydrogen (secondary N) is 2. The van der Waals surface area contributed by atoms with Crippen molar-refractivity contribution in [3.8, 4) is 0 Å². The molecular weight excluding hydrogens is 260 g/mol. The summed E-state index contributed by atoms with van der Waals surface area (Å²) in [5.74, 6) is 0.460. The van der Waals surface area contributed by atoms with Crippen LogP contribution in [0, 0.1) is 11.3 Å². The first-order chi connectivity index (χ1) is 10.1. The molecule has 1 amide bonds. The lowest BCUT2D eigenvalue weighted by Crippen LogP contribution is -2.42. The van der Waals surface area contributed by atoms with Crippen LogP contribution in [0.15, 0.2) is 42.5 Å². The maximum atomic E-state index is 12.9. The number of fused-ring (bicyclic) bond motifs is 1. The highest BCUT2D eigenvalue weighted by atomic mass is 16.2. The van der Waals surface area contributed by atoms with E-state index in [4.69, 9.17) is 0 Å². The van der Waals surface area contributed by atoms with Gasteiger partial charge in [-0.15, -0.1) is 0 Å². The fourth-order valence-corrected chi connectivity index (χ4v) is 3.24. The molecule has 0 bridgehead atoms.